The van der Waals surface area contributed by atoms with Crippen LogP contribution in [0.5, 0.6) is 0 Å². The van der Waals surface area contributed by atoms with Crippen LogP contribution in [0.3, 0.4) is 0 Å². The SMILES string of the molecule is CN1CCC(CNS(=O)(=O)c2cccc(C(N)=S)c2)C1. The zero-order valence-electron chi connectivity index (χ0n) is 11.4. The number of rotatable bonds is 5. The number of sulfonamides is 1. The molecule has 0 aliphatic carbocycles. The third-order valence-corrected chi connectivity index (χ3v) is 5.14. The van der Waals surface area contributed by atoms with Crippen LogP contribution in [0, 0.1) is 5.92 Å². The van der Waals surface area contributed by atoms with Crippen molar-refractivity contribution in [2.45, 2.75) is 11.3 Å². The minimum absolute atomic E-state index is 0.194. The zero-order valence-corrected chi connectivity index (χ0v) is 13.0. The van der Waals surface area contributed by atoms with Crippen LogP contribution in [-0.2, 0) is 10.0 Å². The van der Waals surface area contributed by atoms with Crippen molar-refractivity contribution in [2.75, 3.05) is 26.7 Å². The Morgan fingerprint density at radius 2 is 2.30 bits per heavy atom. The Balaban J connectivity index is 2.06. The molecule has 1 aliphatic heterocycles. The lowest BCUT2D eigenvalue weighted by molar-refractivity contribution is 0.394. The first kappa shape index (κ1) is 15.4. The zero-order chi connectivity index (χ0) is 14.8. The van der Waals surface area contributed by atoms with Gasteiger partial charge in [-0.05, 0) is 38.1 Å². The van der Waals surface area contributed by atoms with Gasteiger partial charge in [-0.15, -0.1) is 0 Å². The monoisotopic (exact) mass is 313 g/mol. The van der Waals surface area contributed by atoms with E-state index >= 15 is 0 Å². The highest BCUT2D eigenvalue weighted by atomic mass is 32.2. The van der Waals surface area contributed by atoms with Crippen molar-refractivity contribution in [1.82, 2.24) is 9.62 Å². The van der Waals surface area contributed by atoms with Crippen LogP contribution in [0.2, 0.25) is 0 Å². The van der Waals surface area contributed by atoms with Crippen molar-refractivity contribution in [3.63, 3.8) is 0 Å². The predicted molar refractivity (Wildman–Crippen MR) is 83.1 cm³/mol. The first-order chi connectivity index (χ1) is 9.38. The van der Waals surface area contributed by atoms with Gasteiger partial charge in [-0.2, -0.15) is 0 Å². The molecule has 5 nitrogen and oxygen atoms in total. The topological polar surface area (TPSA) is 75.4 Å². The molecule has 1 unspecified atom stereocenters. The van der Waals surface area contributed by atoms with Crippen molar-refractivity contribution in [3.05, 3.63) is 29.8 Å². The fourth-order valence-electron chi connectivity index (χ4n) is 2.32. The van der Waals surface area contributed by atoms with Crippen LogP contribution in [0.4, 0.5) is 0 Å². The van der Waals surface area contributed by atoms with E-state index in [9.17, 15) is 8.42 Å². The molecule has 2 rings (SSSR count). The van der Waals surface area contributed by atoms with Crippen molar-refractivity contribution >= 4 is 27.2 Å². The molecule has 1 fully saturated rings. The molecule has 0 aromatic heterocycles. The first-order valence-electron chi connectivity index (χ1n) is 6.46. The van der Waals surface area contributed by atoms with Crippen molar-refractivity contribution in [1.29, 1.82) is 0 Å². The second kappa shape index (κ2) is 6.17. The van der Waals surface area contributed by atoms with E-state index in [4.69, 9.17) is 18.0 Å². The summed E-state index contributed by atoms with van der Waals surface area (Å²) in [7, 11) is -1.46. The molecule has 1 aromatic rings. The van der Waals surface area contributed by atoms with E-state index in [-0.39, 0.29) is 9.88 Å². The summed E-state index contributed by atoms with van der Waals surface area (Å²) >= 11 is 4.87. The van der Waals surface area contributed by atoms with Gasteiger partial charge in [0, 0.05) is 18.7 Å². The summed E-state index contributed by atoms with van der Waals surface area (Å²) in [6.07, 6.45) is 1.02. The molecule has 1 aliphatic rings. The molecular weight excluding hydrogens is 294 g/mol. The Hall–Kier alpha value is -1.02. The van der Waals surface area contributed by atoms with Gasteiger partial charge in [0.15, 0.2) is 0 Å². The highest BCUT2D eigenvalue weighted by molar-refractivity contribution is 7.89. The minimum Gasteiger partial charge on any atom is -0.389 e. The number of benzene rings is 1. The third kappa shape index (κ3) is 3.76. The maximum atomic E-state index is 12.2. The molecule has 1 aromatic carbocycles. The van der Waals surface area contributed by atoms with E-state index in [0.29, 0.717) is 18.0 Å². The van der Waals surface area contributed by atoms with Crippen LogP contribution < -0.4 is 10.5 Å². The molecule has 0 radical (unpaired) electrons. The quantitative estimate of drug-likeness (QED) is 0.777. The molecule has 20 heavy (non-hydrogen) atoms. The van der Waals surface area contributed by atoms with Gasteiger partial charge in [-0.3, -0.25) is 0 Å². The van der Waals surface area contributed by atoms with E-state index < -0.39 is 10.0 Å². The van der Waals surface area contributed by atoms with Crippen LogP contribution >= 0.6 is 12.2 Å². The number of nitrogens with two attached hydrogens (primary N) is 1. The smallest absolute Gasteiger partial charge is 0.240 e. The van der Waals surface area contributed by atoms with Crippen LogP contribution in [0.1, 0.15) is 12.0 Å². The van der Waals surface area contributed by atoms with Gasteiger partial charge in [0.25, 0.3) is 0 Å². The normalized spacial score (nSPS) is 20.1. The fourth-order valence-corrected chi connectivity index (χ4v) is 3.61. The van der Waals surface area contributed by atoms with Crippen LogP contribution in [0.15, 0.2) is 29.2 Å². The Bertz CT molecular complexity index is 601. The van der Waals surface area contributed by atoms with Gasteiger partial charge < -0.3 is 10.6 Å². The summed E-state index contributed by atoms with van der Waals surface area (Å²) < 4.78 is 27.1. The molecule has 1 saturated heterocycles. The summed E-state index contributed by atoms with van der Waals surface area (Å²) in [6.45, 7) is 2.41. The molecule has 0 bridgehead atoms. The maximum absolute atomic E-state index is 12.2. The number of likely N-dealkylation sites (tertiary alicyclic amines) is 1. The lowest BCUT2D eigenvalue weighted by Crippen LogP contribution is -2.30. The van der Waals surface area contributed by atoms with Gasteiger partial charge in [0.05, 0.1) is 4.90 Å². The highest BCUT2D eigenvalue weighted by Crippen LogP contribution is 2.15. The highest BCUT2D eigenvalue weighted by Gasteiger charge is 2.22. The van der Waals surface area contributed by atoms with E-state index in [0.717, 1.165) is 19.5 Å². The van der Waals surface area contributed by atoms with Gasteiger partial charge in [0.1, 0.15) is 4.99 Å². The molecule has 0 amide bonds. The molecule has 3 N–H and O–H groups in total. The van der Waals surface area contributed by atoms with Crippen molar-refractivity contribution in [2.24, 2.45) is 11.7 Å². The summed E-state index contributed by atoms with van der Waals surface area (Å²) in [5.41, 5.74) is 6.08. The standard InChI is InChI=1S/C13H19N3O2S2/c1-16-6-5-10(9-16)8-15-20(17,18)12-4-2-3-11(7-12)13(14)19/h2-4,7,10,15H,5-6,8-9H2,1H3,(H2,14,19). The lowest BCUT2D eigenvalue weighted by atomic mass is 10.1. The van der Waals surface area contributed by atoms with Crippen LogP contribution in [-0.4, -0.2) is 45.0 Å². The lowest BCUT2D eigenvalue weighted by Gasteiger charge is -2.12. The minimum atomic E-state index is -3.50. The second-order valence-corrected chi connectivity index (χ2v) is 7.37. The Kier molecular flexibility index (Phi) is 4.74. The van der Waals surface area contributed by atoms with Gasteiger partial charge in [0.2, 0.25) is 10.0 Å². The molecule has 7 heteroatoms. The summed E-state index contributed by atoms with van der Waals surface area (Å²) in [6, 6.07) is 6.40. The molecule has 1 atom stereocenters. The predicted octanol–water partition coefficient (Wildman–Crippen LogP) is 0.551. The average Bonchev–Trinajstić information content (AvgIpc) is 2.82. The number of thiocarbonyl (C=S) groups is 1. The summed E-state index contributed by atoms with van der Waals surface area (Å²) in [4.78, 5) is 2.60. The average molecular weight is 313 g/mol. The summed E-state index contributed by atoms with van der Waals surface area (Å²) in [5.74, 6) is 0.369. The van der Waals surface area contributed by atoms with Crippen LogP contribution in [0.25, 0.3) is 0 Å². The second-order valence-electron chi connectivity index (χ2n) is 5.16. The Labute approximate surface area is 125 Å². The van der Waals surface area contributed by atoms with Gasteiger partial charge in [-0.1, -0.05) is 24.4 Å². The molecular formula is C13H19N3O2S2. The number of hydrogen-bond donors (Lipinski definition) is 2. The fraction of sp³-hybridized carbons (Fsp3) is 0.462. The van der Waals surface area contributed by atoms with Crippen molar-refractivity contribution in [3.8, 4) is 0 Å². The maximum Gasteiger partial charge on any atom is 0.240 e. The Morgan fingerprint density at radius 1 is 1.55 bits per heavy atom. The number of hydrogen-bond acceptors (Lipinski definition) is 4. The molecule has 0 saturated carbocycles. The largest absolute Gasteiger partial charge is 0.389 e. The van der Waals surface area contributed by atoms with Gasteiger partial charge in [-0.25, -0.2) is 13.1 Å². The molecule has 110 valence electrons. The van der Waals surface area contributed by atoms with E-state index in [1.54, 1.807) is 18.2 Å². The van der Waals surface area contributed by atoms with E-state index in [2.05, 4.69) is 9.62 Å². The first-order valence-corrected chi connectivity index (χ1v) is 8.36. The van der Waals surface area contributed by atoms with E-state index in [1.807, 2.05) is 7.05 Å². The van der Waals surface area contributed by atoms with Crippen molar-refractivity contribution < 1.29 is 8.42 Å². The number of nitrogens with zero attached hydrogens (tertiary/aromatic N) is 1. The molecule has 0 spiro atoms. The summed E-state index contributed by atoms with van der Waals surface area (Å²) in [5, 5.41) is 0. The molecule has 1 heterocycles. The van der Waals surface area contributed by atoms with E-state index in [1.165, 1.54) is 6.07 Å². The third-order valence-electron chi connectivity index (χ3n) is 3.48. The number of nitrogens with one attached hydrogen (secondary N) is 1. The van der Waals surface area contributed by atoms with Gasteiger partial charge >= 0.3 is 0 Å². The Morgan fingerprint density at radius 3 is 2.90 bits per heavy atom.